The number of ether oxygens (including phenoxy) is 1. The lowest BCUT2D eigenvalue weighted by atomic mass is 10.0. The Labute approximate surface area is 177 Å². The van der Waals surface area contributed by atoms with Gasteiger partial charge in [-0.25, -0.2) is 4.99 Å². The van der Waals surface area contributed by atoms with Gasteiger partial charge in [-0.2, -0.15) is 0 Å². The van der Waals surface area contributed by atoms with Crippen molar-refractivity contribution in [3.8, 4) is 0 Å². The van der Waals surface area contributed by atoms with E-state index in [1.54, 1.807) is 0 Å². The Balaban J connectivity index is 1.96. The Hall–Kier alpha value is -1.63. The molecule has 1 aliphatic heterocycles. The van der Waals surface area contributed by atoms with E-state index in [1.165, 1.54) is 11.1 Å². The number of hydrogen-bond donors (Lipinski definition) is 2. The van der Waals surface area contributed by atoms with E-state index >= 15 is 0 Å². The van der Waals surface area contributed by atoms with Gasteiger partial charge in [0.05, 0.1) is 19.8 Å². The molecule has 1 aliphatic rings. The first-order valence-corrected chi connectivity index (χ1v) is 11.1. The van der Waals surface area contributed by atoms with Crippen LogP contribution in [-0.4, -0.2) is 73.8 Å². The molecule has 2 rings (SSSR count). The van der Waals surface area contributed by atoms with E-state index in [0.717, 1.165) is 65.0 Å². The molecule has 0 aromatic heterocycles. The van der Waals surface area contributed by atoms with Gasteiger partial charge in [0, 0.05) is 38.3 Å². The van der Waals surface area contributed by atoms with E-state index in [2.05, 4.69) is 79.3 Å². The Morgan fingerprint density at radius 1 is 1.10 bits per heavy atom. The molecule has 1 fully saturated rings. The lowest BCUT2D eigenvalue weighted by Crippen LogP contribution is -2.56. The maximum absolute atomic E-state index is 5.49. The highest BCUT2D eigenvalue weighted by atomic mass is 16.5. The van der Waals surface area contributed by atoms with Crippen LogP contribution >= 0.6 is 0 Å². The first-order chi connectivity index (χ1) is 14.0. The van der Waals surface area contributed by atoms with Gasteiger partial charge in [0.1, 0.15) is 0 Å². The van der Waals surface area contributed by atoms with Crippen molar-refractivity contribution in [2.45, 2.75) is 53.2 Å². The van der Waals surface area contributed by atoms with E-state index in [-0.39, 0.29) is 5.54 Å². The fraction of sp³-hybridized carbons (Fsp3) is 0.696. The lowest BCUT2D eigenvalue weighted by Gasteiger charge is -2.41. The second kappa shape index (κ2) is 12.2. The summed E-state index contributed by atoms with van der Waals surface area (Å²) in [5.41, 5.74) is 2.66. The molecular formula is C23H41N5O. The van der Waals surface area contributed by atoms with E-state index in [9.17, 15) is 0 Å². The smallest absolute Gasteiger partial charge is 0.191 e. The normalized spacial score (nSPS) is 16.3. The molecule has 0 unspecified atom stereocenters. The predicted molar refractivity (Wildman–Crippen MR) is 122 cm³/mol. The first kappa shape index (κ1) is 23.6. The molecule has 2 N–H and O–H groups in total. The Morgan fingerprint density at radius 2 is 1.79 bits per heavy atom. The second-order valence-electron chi connectivity index (χ2n) is 8.24. The van der Waals surface area contributed by atoms with Crippen LogP contribution in [0.5, 0.6) is 0 Å². The van der Waals surface area contributed by atoms with Crippen LogP contribution in [0.2, 0.25) is 0 Å². The zero-order chi connectivity index (χ0) is 21.1. The third kappa shape index (κ3) is 7.96. The van der Waals surface area contributed by atoms with Gasteiger partial charge in [0.15, 0.2) is 5.96 Å². The van der Waals surface area contributed by atoms with Crippen molar-refractivity contribution in [2.24, 2.45) is 4.99 Å². The van der Waals surface area contributed by atoms with Crippen molar-refractivity contribution < 1.29 is 4.74 Å². The highest BCUT2D eigenvalue weighted by molar-refractivity contribution is 5.79. The standard InChI is InChI=1S/C23H41N5O/c1-6-24-22(26-19-23(4,5)28-12-14-29-15-13-28)25-17-20-10-9-11-21(16-20)18-27(7-2)8-3/h9-11,16H,6-8,12-15,17-19H2,1-5H3,(H2,24,25,26). The highest BCUT2D eigenvalue weighted by Crippen LogP contribution is 2.15. The SMILES string of the molecule is CCNC(=NCc1cccc(CN(CC)CC)c1)NCC(C)(C)N1CCOCC1. The molecule has 1 aromatic rings. The van der Waals surface area contributed by atoms with Gasteiger partial charge in [-0.3, -0.25) is 9.80 Å². The molecule has 164 valence electrons. The average molecular weight is 404 g/mol. The summed E-state index contributed by atoms with van der Waals surface area (Å²) >= 11 is 0. The van der Waals surface area contributed by atoms with E-state index in [4.69, 9.17) is 9.73 Å². The number of morpholine rings is 1. The number of guanidine groups is 1. The van der Waals surface area contributed by atoms with Gasteiger partial charge >= 0.3 is 0 Å². The molecule has 0 atom stereocenters. The molecule has 29 heavy (non-hydrogen) atoms. The maximum Gasteiger partial charge on any atom is 0.191 e. The number of hydrogen-bond acceptors (Lipinski definition) is 4. The van der Waals surface area contributed by atoms with Crippen LogP contribution in [-0.2, 0) is 17.8 Å². The van der Waals surface area contributed by atoms with Gasteiger partial charge in [0.2, 0.25) is 0 Å². The number of benzene rings is 1. The highest BCUT2D eigenvalue weighted by Gasteiger charge is 2.28. The average Bonchev–Trinajstić information content (AvgIpc) is 2.75. The zero-order valence-electron chi connectivity index (χ0n) is 19.1. The summed E-state index contributed by atoms with van der Waals surface area (Å²) in [5, 5.41) is 6.92. The monoisotopic (exact) mass is 403 g/mol. The number of nitrogens with zero attached hydrogens (tertiary/aromatic N) is 3. The van der Waals surface area contributed by atoms with Crippen LogP contribution in [0.3, 0.4) is 0 Å². The number of aliphatic imine (C=N–C) groups is 1. The molecule has 6 heteroatoms. The van der Waals surface area contributed by atoms with Crippen molar-refractivity contribution in [3.05, 3.63) is 35.4 Å². The Bertz CT molecular complexity index is 621. The molecular weight excluding hydrogens is 362 g/mol. The van der Waals surface area contributed by atoms with Crippen molar-refractivity contribution in [2.75, 3.05) is 52.5 Å². The van der Waals surface area contributed by atoms with Gasteiger partial charge in [-0.1, -0.05) is 38.1 Å². The summed E-state index contributed by atoms with van der Waals surface area (Å²) in [5.74, 6) is 0.878. The summed E-state index contributed by atoms with van der Waals surface area (Å²) in [4.78, 5) is 9.75. The first-order valence-electron chi connectivity index (χ1n) is 11.1. The number of nitrogens with one attached hydrogen (secondary N) is 2. The van der Waals surface area contributed by atoms with E-state index < -0.39 is 0 Å². The molecule has 0 spiro atoms. The Morgan fingerprint density at radius 3 is 2.45 bits per heavy atom. The van der Waals surface area contributed by atoms with Crippen molar-refractivity contribution in [3.63, 3.8) is 0 Å². The van der Waals surface area contributed by atoms with Crippen LogP contribution in [0, 0.1) is 0 Å². The molecule has 0 amide bonds. The minimum absolute atomic E-state index is 0.0592. The van der Waals surface area contributed by atoms with E-state index in [0.29, 0.717) is 6.54 Å². The van der Waals surface area contributed by atoms with Crippen LogP contribution in [0.25, 0.3) is 0 Å². The fourth-order valence-electron chi connectivity index (χ4n) is 3.62. The molecule has 0 radical (unpaired) electrons. The third-order valence-corrected chi connectivity index (χ3v) is 5.61. The van der Waals surface area contributed by atoms with Gasteiger partial charge in [-0.05, 0) is 45.0 Å². The minimum atomic E-state index is 0.0592. The second-order valence-corrected chi connectivity index (χ2v) is 8.24. The zero-order valence-corrected chi connectivity index (χ0v) is 19.1. The van der Waals surface area contributed by atoms with Crippen LogP contribution in [0.4, 0.5) is 0 Å². The van der Waals surface area contributed by atoms with Crippen LogP contribution in [0.1, 0.15) is 45.7 Å². The fourth-order valence-corrected chi connectivity index (χ4v) is 3.62. The summed E-state index contributed by atoms with van der Waals surface area (Å²) in [6, 6.07) is 8.80. The Kier molecular flexibility index (Phi) is 9.91. The molecule has 1 saturated heterocycles. The largest absolute Gasteiger partial charge is 0.379 e. The molecule has 0 bridgehead atoms. The van der Waals surface area contributed by atoms with Crippen LogP contribution < -0.4 is 10.6 Å². The maximum atomic E-state index is 5.49. The topological polar surface area (TPSA) is 52.1 Å². The van der Waals surface area contributed by atoms with Gasteiger partial charge < -0.3 is 15.4 Å². The van der Waals surface area contributed by atoms with Crippen molar-refractivity contribution in [1.82, 2.24) is 20.4 Å². The van der Waals surface area contributed by atoms with Crippen molar-refractivity contribution >= 4 is 5.96 Å². The molecule has 1 heterocycles. The predicted octanol–water partition coefficient (Wildman–Crippen LogP) is 2.69. The van der Waals surface area contributed by atoms with E-state index in [1.807, 2.05) is 0 Å². The molecule has 1 aromatic carbocycles. The third-order valence-electron chi connectivity index (χ3n) is 5.61. The van der Waals surface area contributed by atoms with Gasteiger partial charge in [-0.15, -0.1) is 0 Å². The van der Waals surface area contributed by atoms with Crippen molar-refractivity contribution in [1.29, 1.82) is 0 Å². The lowest BCUT2D eigenvalue weighted by molar-refractivity contribution is -0.00834. The summed E-state index contributed by atoms with van der Waals surface area (Å²) in [6.07, 6.45) is 0. The minimum Gasteiger partial charge on any atom is -0.379 e. The molecule has 0 aliphatic carbocycles. The molecule has 6 nitrogen and oxygen atoms in total. The van der Waals surface area contributed by atoms with Gasteiger partial charge in [0.25, 0.3) is 0 Å². The quantitative estimate of drug-likeness (QED) is 0.465. The number of rotatable bonds is 10. The summed E-state index contributed by atoms with van der Waals surface area (Å²) < 4.78 is 5.49. The summed E-state index contributed by atoms with van der Waals surface area (Å²) in [7, 11) is 0. The summed E-state index contributed by atoms with van der Waals surface area (Å²) in [6.45, 7) is 20.2. The molecule has 0 saturated carbocycles. The van der Waals surface area contributed by atoms with Crippen LogP contribution in [0.15, 0.2) is 29.3 Å².